The number of aromatic nitrogens is 4. The first-order valence-electron chi connectivity index (χ1n) is 7.47. The molecule has 0 radical (unpaired) electrons. The van der Waals surface area contributed by atoms with Crippen LogP contribution in [0, 0.1) is 0 Å². The van der Waals surface area contributed by atoms with E-state index in [2.05, 4.69) is 15.3 Å². The third-order valence-electron chi connectivity index (χ3n) is 3.14. The zero-order valence-electron chi connectivity index (χ0n) is 13.5. The molecule has 0 fully saturated rings. The summed E-state index contributed by atoms with van der Waals surface area (Å²) in [4.78, 5) is 10.7. The fourth-order valence-corrected chi connectivity index (χ4v) is 3.18. The van der Waals surface area contributed by atoms with Crippen LogP contribution >= 0.6 is 22.9 Å². The molecule has 1 aromatic carbocycles. The Labute approximate surface area is 152 Å². The summed E-state index contributed by atoms with van der Waals surface area (Å²) >= 11 is 7.64. The number of ether oxygens (including phenoxy) is 1. The molecule has 3 rings (SSSR count). The van der Waals surface area contributed by atoms with Crippen LogP contribution in [0.1, 0.15) is 13.8 Å². The molecule has 0 unspecified atom stereocenters. The highest BCUT2D eigenvalue weighted by Gasteiger charge is 2.13. The highest BCUT2D eigenvalue weighted by Crippen LogP contribution is 2.34. The van der Waals surface area contributed by atoms with Gasteiger partial charge in [-0.15, -0.1) is 10.2 Å². The molecular weight excluding hydrogens is 364 g/mol. The molecule has 0 atom stereocenters. The van der Waals surface area contributed by atoms with Crippen LogP contribution in [-0.4, -0.2) is 37.2 Å². The molecule has 130 valence electrons. The van der Waals surface area contributed by atoms with Gasteiger partial charge in [0.2, 0.25) is 0 Å². The maximum Gasteiger partial charge on any atom is 0.325 e. The Morgan fingerprint density at radius 3 is 2.68 bits per heavy atom. The van der Waals surface area contributed by atoms with E-state index in [9.17, 15) is 4.79 Å². The second-order valence-electron chi connectivity index (χ2n) is 5.54. The van der Waals surface area contributed by atoms with Gasteiger partial charge in [-0.3, -0.25) is 9.48 Å². The average molecular weight is 379 g/mol. The summed E-state index contributed by atoms with van der Waals surface area (Å²) in [5.74, 6) is -0.328. The van der Waals surface area contributed by atoms with Crippen molar-refractivity contribution in [3.05, 3.63) is 35.6 Å². The second kappa shape index (κ2) is 7.20. The van der Waals surface area contributed by atoms with Crippen molar-refractivity contribution in [3.8, 4) is 26.9 Å². The van der Waals surface area contributed by atoms with E-state index >= 15 is 0 Å². The normalized spacial score (nSPS) is 11.0. The van der Waals surface area contributed by atoms with Crippen LogP contribution in [-0.2, 0) is 11.3 Å². The SMILES string of the molecule is CC(C)Oc1ccc(-c2nnc(-c3cnn(CC(=O)O)c3)s2)cc1Cl. The minimum atomic E-state index is -0.953. The van der Waals surface area contributed by atoms with Crippen LogP contribution in [0.25, 0.3) is 21.1 Å². The minimum Gasteiger partial charge on any atom is -0.489 e. The Hall–Kier alpha value is -2.45. The molecule has 2 heterocycles. The first-order chi connectivity index (χ1) is 11.9. The van der Waals surface area contributed by atoms with Crippen LogP contribution in [0.15, 0.2) is 30.6 Å². The summed E-state index contributed by atoms with van der Waals surface area (Å²) in [6, 6.07) is 5.47. The Balaban J connectivity index is 1.82. The van der Waals surface area contributed by atoms with Crippen LogP contribution in [0.5, 0.6) is 5.75 Å². The molecule has 2 aromatic heterocycles. The summed E-state index contributed by atoms with van der Waals surface area (Å²) in [5, 5.41) is 23.0. The fourth-order valence-electron chi connectivity index (χ4n) is 2.14. The van der Waals surface area contributed by atoms with E-state index in [4.69, 9.17) is 21.4 Å². The summed E-state index contributed by atoms with van der Waals surface area (Å²) in [6.45, 7) is 3.68. The van der Waals surface area contributed by atoms with Gasteiger partial charge in [0.1, 0.15) is 17.3 Å². The van der Waals surface area contributed by atoms with Gasteiger partial charge in [-0.25, -0.2) is 0 Å². The second-order valence-corrected chi connectivity index (χ2v) is 6.93. The van der Waals surface area contributed by atoms with Crippen molar-refractivity contribution in [2.75, 3.05) is 0 Å². The molecule has 0 amide bonds. The van der Waals surface area contributed by atoms with E-state index in [0.29, 0.717) is 20.8 Å². The predicted molar refractivity (Wildman–Crippen MR) is 95.0 cm³/mol. The van der Waals surface area contributed by atoms with Gasteiger partial charge in [-0.1, -0.05) is 22.9 Å². The topological polar surface area (TPSA) is 90.1 Å². The summed E-state index contributed by atoms with van der Waals surface area (Å²) in [6.07, 6.45) is 3.24. The van der Waals surface area contributed by atoms with Gasteiger partial charge in [-0.05, 0) is 32.0 Å². The van der Waals surface area contributed by atoms with Crippen molar-refractivity contribution in [2.24, 2.45) is 0 Å². The van der Waals surface area contributed by atoms with Crippen molar-refractivity contribution >= 4 is 28.9 Å². The minimum absolute atomic E-state index is 0.0406. The first-order valence-corrected chi connectivity index (χ1v) is 8.66. The Bertz CT molecular complexity index is 906. The molecule has 3 aromatic rings. The highest BCUT2D eigenvalue weighted by molar-refractivity contribution is 7.17. The number of carboxylic acids is 1. The van der Waals surface area contributed by atoms with Gasteiger partial charge >= 0.3 is 5.97 Å². The van der Waals surface area contributed by atoms with Gasteiger partial charge in [0, 0.05) is 11.8 Å². The molecule has 25 heavy (non-hydrogen) atoms. The molecule has 0 spiro atoms. The van der Waals surface area contributed by atoms with Crippen molar-refractivity contribution in [1.29, 1.82) is 0 Å². The lowest BCUT2D eigenvalue weighted by atomic mass is 10.2. The molecule has 0 aliphatic heterocycles. The monoisotopic (exact) mass is 378 g/mol. The average Bonchev–Trinajstić information content (AvgIpc) is 3.17. The van der Waals surface area contributed by atoms with Gasteiger partial charge < -0.3 is 9.84 Å². The number of nitrogens with zero attached hydrogens (tertiary/aromatic N) is 4. The zero-order valence-corrected chi connectivity index (χ0v) is 15.1. The Kier molecular flexibility index (Phi) is 5.00. The number of benzene rings is 1. The van der Waals surface area contributed by atoms with Crippen LogP contribution in [0.2, 0.25) is 5.02 Å². The molecule has 0 aliphatic rings. The summed E-state index contributed by atoms with van der Waals surface area (Å²) in [5.41, 5.74) is 1.55. The third kappa shape index (κ3) is 4.15. The molecular formula is C16H15ClN4O3S. The van der Waals surface area contributed by atoms with Gasteiger partial charge in [-0.2, -0.15) is 5.10 Å². The molecule has 9 heteroatoms. The number of rotatable bonds is 6. The maximum atomic E-state index is 10.7. The molecule has 0 saturated heterocycles. The Morgan fingerprint density at radius 1 is 1.32 bits per heavy atom. The zero-order chi connectivity index (χ0) is 18.0. The highest BCUT2D eigenvalue weighted by atomic mass is 35.5. The number of hydrogen-bond acceptors (Lipinski definition) is 6. The fraction of sp³-hybridized carbons (Fsp3) is 0.250. The standard InChI is InChI=1S/C16H15ClN4O3S/c1-9(2)24-13-4-3-10(5-12(13)17)15-19-20-16(25-15)11-6-18-21(7-11)8-14(22)23/h3-7,9H,8H2,1-2H3,(H,22,23). The largest absolute Gasteiger partial charge is 0.489 e. The van der Waals surface area contributed by atoms with Crippen molar-refractivity contribution < 1.29 is 14.6 Å². The molecule has 7 nitrogen and oxygen atoms in total. The number of carbonyl (C=O) groups is 1. The lowest BCUT2D eigenvalue weighted by Gasteiger charge is -2.11. The first kappa shape index (κ1) is 17.4. The van der Waals surface area contributed by atoms with E-state index < -0.39 is 5.97 Å². The van der Waals surface area contributed by atoms with E-state index in [-0.39, 0.29) is 12.6 Å². The molecule has 1 N–H and O–H groups in total. The number of carboxylic acid groups (broad SMARTS) is 1. The van der Waals surface area contributed by atoms with Gasteiger partial charge in [0.15, 0.2) is 5.01 Å². The van der Waals surface area contributed by atoms with E-state index in [1.165, 1.54) is 16.0 Å². The van der Waals surface area contributed by atoms with E-state index in [1.807, 2.05) is 26.0 Å². The maximum absolute atomic E-state index is 10.7. The van der Waals surface area contributed by atoms with E-state index in [0.717, 1.165) is 11.1 Å². The molecule has 0 bridgehead atoms. The smallest absolute Gasteiger partial charge is 0.325 e. The van der Waals surface area contributed by atoms with Gasteiger partial charge in [0.05, 0.1) is 22.9 Å². The molecule has 0 aliphatic carbocycles. The predicted octanol–water partition coefficient (Wildman–Crippen LogP) is 3.59. The van der Waals surface area contributed by atoms with Crippen LogP contribution < -0.4 is 4.74 Å². The van der Waals surface area contributed by atoms with Crippen molar-refractivity contribution in [2.45, 2.75) is 26.5 Å². The molecule has 0 saturated carbocycles. The van der Waals surface area contributed by atoms with Crippen LogP contribution in [0.3, 0.4) is 0 Å². The number of hydrogen-bond donors (Lipinski definition) is 1. The van der Waals surface area contributed by atoms with Gasteiger partial charge in [0.25, 0.3) is 0 Å². The summed E-state index contributed by atoms with van der Waals surface area (Å²) < 4.78 is 6.96. The van der Waals surface area contributed by atoms with E-state index in [1.54, 1.807) is 18.5 Å². The number of aliphatic carboxylic acids is 1. The lowest BCUT2D eigenvalue weighted by molar-refractivity contribution is -0.137. The van der Waals surface area contributed by atoms with Crippen molar-refractivity contribution in [1.82, 2.24) is 20.0 Å². The Morgan fingerprint density at radius 2 is 2.04 bits per heavy atom. The van der Waals surface area contributed by atoms with Crippen LogP contribution in [0.4, 0.5) is 0 Å². The lowest BCUT2D eigenvalue weighted by Crippen LogP contribution is -2.08. The van der Waals surface area contributed by atoms with Crippen molar-refractivity contribution in [3.63, 3.8) is 0 Å². The summed E-state index contributed by atoms with van der Waals surface area (Å²) in [7, 11) is 0. The number of halogens is 1. The third-order valence-corrected chi connectivity index (χ3v) is 4.46. The quantitative estimate of drug-likeness (QED) is 0.704.